The van der Waals surface area contributed by atoms with Gasteiger partial charge in [0, 0.05) is 5.56 Å². The zero-order valence-corrected chi connectivity index (χ0v) is 15.4. The Morgan fingerprint density at radius 1 is 0.963 bits per heavy atom. The fourth-order valence-corrected chi connectivity index (χ4v) is 3.24. The first-order valence-electron chi connectivity index (χ1n) is 8.65. The van der Waals surface area contributed by atoms with Crippen LogP contribution in [0, 0.1) is 13.8 Å². The number of hydrogen-bond acceptors (Lipinski definition) is 4. The summed E-state index contributed by atoms with van der Waals surface area (Å²) in [4.78, 5) is 51.6. The zero-order valence-electron chi connectivity index (χ0n) is 15.4. The Morgan fingerprint density at radius 3 is 2.26 bits per heavy atom. The molecular weight excluding hydrogens is 344 g/mol. The third-order valence-electron chi connectivity index (χ3n) is 4.74. The molecule has 1 heterocycles. The highest BCUT2D eigenvalue weighted by Gasteiger charge is 2.47. The highest BCUT2D eigenvalue weighted by molar-refractivity contribution is 6.45. The molecule has 0 aromatic heterocycles. The number of hydrogen-bond donors (Lipinski definition) is 0. The average molecular weight is 364 g/mol. The summed E-state index contributed by atoms with van der Waals surface area (Å²) < 4.78 is 0. The Kier molecular flexibility index (Phi) is 4.90. The lowest BCUT2D eigenvalue weighted by atomic mass is 10.0. The minimum atomic E-state index is -0.971. The van der Waals surface area contributed by atoms with Crippen LogP contribution in [0.25, 0.3) is 0 Å². The molecule has 1 aliphatic rings. The number of carbonyl (C=O) groups excluding carboxylic acids is 4. The van der Waals surface area contributed by atoms with Gasteiger partial charge in [0.15, 0.2) is 5.78 Å². The molecule has 1 fully saturated rings. The Labute approximate surface area is 157 Å². The number of carbonyl (C=O) groups is 4. The van der Waals surface area contributed by atoms with E-state index >= 15 is 0 Å². The van der Waals surface area contributed by atoms with Crippen molar-refractivity contribution in [2.75, 3.05) is 6.54 Å². The SMILES string of the molecule is Cc1ccc(C(=O)CN2C(=O)C(=O)N(C(C)c3ccccc3)C2=O)c(C)c1. The van der Waals surface area contributed by atoms with Crippen molar-refractivity contribution in [3.63, 3.8) is 0 Å². The third-order valence-corrected chi connectivity index (χ3v) is 4.74. The van der Waals surface area contributed by atoms with E-state index in [1.165, 1.54) is 0 Å². The van der Waals surface area contributed by atoms with Gasteiger partial charge in [-0.2, -0.15) is 0 Å². The quantitative estimate of drug-likeness (QED) is 0.464. The maximum Gasteiger partial charge on any atom is 0.335 e. The van der Waals surface area contributed by atoms with Gasteiger partial charge in [-0.15, -0.1) is 0 Å². The van der Waals surface area contributed by atoms with Crippen LogP contribution in [-0.2, 0) is 9.59 Å². The average Bonchev–Trinajstić information content (AvgIpc) is 2.85. The molecule has 4 amide bonds. The molecule has 0 saturated carbocycles. The lowest BCUT2D eigenvalue weighted by Crippen LogP contribution is -2.38. The highest BCUT2D eigenvalue weighted by Crippen LogP contribution is 2.26. The van der Waals surface area contributed by atoms with Crippen LogP contribution in [0.1, 0.15) is 40.0 Å². The number of amides is 4. The normalized spacial score (nSPS) is 15.4. The third kappa shape index (κ3) is 3.38. The molecule has 1 aliphatic heterocycles. The second kappa shape index (κ2) is 7.15. The molecule has 0 radical (unpaired) electrons. The van der Waals surface area contributed by atoms with E-state index in [2.05, 4.69) is 0 Å². The summed E-state index contributed by atoms with van der Waals surface area (Å²) in [6, 6.07) is 12.9. The van der Waals surface area contributed by atoms with Gasteiger partial charge in [0.05, 0.1) is 12.6 Å². The van der Waals surface area contributed by atoms with Crippen LogP contribution in [0.5, 0.6) is 0 Å². The van der Waals surface area contributed by atoms with Gasteiger partial charge in [0.1, 0.15) is 0 Å². The second-order valence-corrected chi connectivity index (χ2v) is 6.68. The first kappa shape index (κ1) is 18.5. The molecule has 27 heavy (non-hydrogen) atoms. The lowest BCUT2D eigenvalue weighted by molar-refractivity contribution is -0.143. The topological polar surface area (TPSA) is 74.8 Å². The van der Waals surface area contributed by atoms with Crippen molar-refractivity contribution in [1.82, 2.24) is 9.80 Å². The van der Waals surface area contributed by atoms with Gasteiger partial charge in [-0.1, -0.05) is 54.1 Å². The van der Waals surface area contributed by atoms with Gasteiger partial charge in [-0.05, 0) is 31.9 Å². The van der Waals surface area contributed by atoms with Crippen LogP contribution in [0.2, 0.25) is 0 Å². The van der Waals surface area contributed by atoms with Crippen molar-refractivity contribution in [1.29, 1.82) is 0 Å². The van der Waals surface area contributed by atoms with E-state index in [0.717, 1.165) is 26.5 Å². The Hall–Kier alpha value is -3.28. The summed E-state index contributed by atoms with van der Waals surface area (Å²) in [6.45, 7) is 4.93. The number of aryl methyl sites for hydroxylation is 2. The van der Waals surface area contributed by atoms with Crippen LogP contribution in [0.3, 0.4) is 0 Å². The molecular formula is C21H20N2O4. The van der Waals surface area contributed by atoms with Crippen molar-refractivity contribution >= 4 is 23.6 Å². The molecule has 6 heteroatoms. The first-order valence-corrected chi connectivity index (χ1v) is 8.65. The fourth-order valence-electron chi connectivity index (χ4n) is 3.24. The maximum atomic E-state index is 12.7. The van der Waals surface area contributed by atoms with Gasteiger partial charge < -0.3 is 0 Å². The van der Waals surface area contributed by atoms with Gasteiger partial charge in [-0.3, -0.25) is 14.4 Å². The number of urea groups is 1. The monoisotopic (exact) mass is 364 g/mol. The predicted molar refractivity (Wildman–Crippen MR) is 99.1 cm³/mol. The number of imide groups is 2. The molecule has 2 aromatic rings. The molecule has 6 nitrogen and oxygen atoms in total. The Balaban J connectivity index is 1.83. The van der Waals surface area contributed by atoms with Crippen molar-refractivity contribution in [3.05, 3.63) is 70.8 Å². The Morgan fingerprint density at radius 2 is 1.63 bits per heavy atom. The molecule has 1 saturated heterocycles. The second-order valence-electron chi connectivity index (χ2n) is 6.68. The van der Waals surface area contributed by atoms with E-state index in [0.29, 0.717) is 5.56 Å². The van der Waals surface area contributed by atoms with Gasteiger partial charge in [0.25, 0.3) is 0 Å². The zero-order chi connectivity index (χ0) is 19.7. The molecule has 3 rings (SSSR count). The number of benzene rings is 2. The Bertz CT molecular complexity index is 936. The van der Waals surface area contributed by atoms with E-state index in [9.17, 15) is 19.2 Å². The van der Waals surface area contributed by atoms with Crippen molar-refractivity contribution in [2.24, 2.45) is 0 Å². The van der Waals surface area contributed by atoms with Crippen molar-refractivity contribution < 1.29 is 19.2 Å². The minimum absolute atomic E-state index is 0.379. The lowest BCUT2D eigenvalue weighted by Gasteiger charge is -2.22. The van der Waals surface area contributed by atoms with Gasteiger partial charge in [-0.25, -0.2) is 14.6 Å². The van der Waals surface area contributed by atoms with Crippen LogP contribution in [0.4, 0.5) is 4.79 Å². The van der Waals surface area contributed by atoms with Crippen LogP contribution in [0.15, 0.2) is 48.5 Å². The largest absolute Gasteiger partial charge is 0.335 e. The van der Waals surface area contributed by atoms with E-state index in [1.807, 2.05) is 19.1 Å². The molecule has 0 aliphatic carbocycles. The van der Waals surface area contributed by atoms with E-state index in [1.54, 1.807) is 50.2 Å². The van der Waals surface area contributed by atoms with Gasteiger partial charge >= 0.3 is 17.8 Å². The smallest absolute Gasteiger partial charge is 0.292 e. The molecule has 0 spiro atoms. The highest BCUT2D eigenvalue weighted by atomic mass is 16.2. The number of ketones is 1. The molecule has 2 aromatic carbocycles. The number of nitrogens with zero attached hydrogens (tertiary/aromatic N) is 2. The van der Waals surface area contributed by atoms with E-state index < -0.39 is 30.4 Å². The fraction of sp³-hybridized carbons (Fsp3) is 0.238. The predicted octanol–water partition coefficient (Wildman–Crippen LogP) is 3.04. The molecule has 0 bridgehead atoms. The molecule has 138 valence electrons. The molecule has 0 N–H and O–H groups in total. The number of Topliss-reactive ketones (excluding diaryl/α,β-unsaturated/α-hetero) is 1. The van der Waals surface area contributed by atoms with Crippen LogP contribution >= 0.6 is 0 Å². The minimum Gasteiger partial charge on any atom is -0.292 e. The maximum absolute atomic E-state index is 12.7. The van der Waals surface area contributed by atoms with E-state index in [4.69, 9.17) is 0 Å². The summed E-state index contributed by atoms with van der Waals surface area (Å²) in [7, 11) is 0. The van der Waals surface area contributed by atoms with Crippen molar-refractivity contribution in [2.45, 2.75) is 26.8 Å². The molecule has 1 unspecified atom stereocenters. The van der Waals surface area contributed by atoms with Crippen molar-refractivity contribution in [3.8, 4) is 0 Å². The van der Waals surface area contributed by atoms with Gasteiger partial charge in [0.2, 0.25) is 0 Å². The van der Waals surface area contributed by atoms with E-state index in [-0.39, 0.29) is 5.78 Å². The standard InChI is InChI=1S/C21H20N2O4/c1-13-9-10-17(14(2)11-13)18(24)12-22-19(25)20(26)23(21(22)27)15(3)16-7-5-4-6-8-16/h4-11,15H,12H2,1-3H3. The summed E-state index contributed by atoms with van der Waals surface area (Å²) in [6.07, 6.45) is 0. The van der Waals surface area contributed by atoms with Crippen LogP contribution < -0.4 is 0 Å². The summed E-state index contributed by atoms with van der Waals surface area (Å²) in [5, 5.41) is 0. The summed E-state index contributed by atoms with van der Waals surface area (Å²) >= 11 is 0. The first-order chi connectivity index (χ1) is 12.8. The number of rotatable bonds is 5. The molecule has 1 atom stereocenters. The summed E-state index contributed by atoms with van der Waals surface area (Å²) in [5.74, 6) is -2.26. The van der Waals surface area contributed by atoms with Crippen LogP contribution in [-0.4, -0.2) is 40.0 Å². The summed E-state index contributed by atoms with van der Waals surface area (Å²) in [5.41, 5.74) is 2.94.